The third-order valence-corrected chi connectivity index (χ3v) is 10.4. The molecule has 4 rings (SSSR count). The predicted molar refractivity (Wildman–Crippen MR) is 222 cm³/mol. The molecule has 54 heavy (non-hydrogen) atoms. The Labute approximate surface area is 328 Å². The summed E-state index contributed by atoms with van der Waals surface area (Å²) in [4.78, 5) is 41.2. The maximum Gasteiger partial charge on any atom is 0.340 e. The fourth-order valence-electron chi connectivity index (χ4n) is 6.95. The summed E-state index contributed by atoms with van der Waals surface area (Å²) in [5.74, 6) is -0.130. The van der Waals surface area contributed by atoms with Crippen molar-refractivity contribution in [1.82, 2.24) is 15.0 Å². The lowest BCUT2D eigenvalue weighted by Gasteiger charge is -2.24. The van der Waals surface area contributed by atoms with Crippen LogP contribution in [0.4, 0.5) is 0 Å². The summed E-state index contributed by atoms with van der Waals surface area (Å²) < 4.78 is 18.0. The lowest BCUT2D eigenvalue weighted by molar-refractivity contribution is 0.0377. The van der Waals surface area contributed by atoms with Gasteiger partial charge in [-0.15, -0.1) is 0 Å². The topological polar surface area (TPSA) is 103 Å². The first-order valence-electron chi connectivity index (χ1n) is 20.4. The molecule has 2 heterocycles. The van der Waals surface area contributed by atoms with E-state index in [1.807, 2.05) is 71.0 Å². The van der Waals surface area contributed by atoms with Gasteiger partial charge in [0, 0.05) is 16.9 Å². The van der Waals surface area contributed by atoms with Crippen molar-refractivity contribution < 1.29 is 23.8 Å². The first-order valence-corrected chi connectivity index (χ1v) is 21.4. The Hall–Kier alpha value is -3.85. The van der Waals surface area contributed by atoms with Crippen LogP contribution in [-0.4, -0.2) is 45.7 Å². The van der Waals surface area contributed by atoms with Gasteiger partial charge in [0.15, 0.2) is 5.16 Å². The number of H-pyrrole nitrogens is 1. The third kappa shape index (κ3) is 12.6. The van der Waals surface area contributed by atoms with Crippen molar-refractivity contribution in [2.45, 2.75) is 161 Å². The van der Waals surface area contributed by atoms with Crippen molar-refractivity contribution in [3.05, 3.63) is 70.5 Å². The average molecular weight is 758 g/mol. The van der Waals surface area contributed by atoms with E-state index in [0.29, 0.717) is 33.6 Å². The van der Waals surface area contributed by atoms with E-state index in [1.54, 1.807) is 6.92 Å². The number of aromatic amines is 1. The number of fused-ring (bicyclic) bond motifs is 1. The van der Waals surface area contributed by atoms with Gasteiger partial charge in [-0.1, -0.05) is 120 Å². The zero-order valence-corrected chi connectivity index (χ0v) is 34.7. The van der Waals surface area contributed by atoms with Crippen molar-refractivity contribution in [2.24, 2.45) is 0 Å². The van der Waals surface area contributed by atoms with Crippen LogP contribution in [0.25, 0.3) is 22.2 Å². The number of aromatic nitrogens is 3. The largest absolute Gasteiger partial charge is 0.490 e. The first-order chi connectivity index (χ1) is 26.1. The van der Waals surface area contributed by atoms with Crippen LogP contribution in [0.2, 0.25) is 0 Å². The number of para-hydroxylation sites is 2. The highest BCUT2D eigenvalue weighted by molar-refractivity contribution is 7.98. The summed E-state index contributed by atoms with van der Waals surface area (Å²) in [7, 11) is 0. The molecule has 1 N–H and O–H groups in total. The number of carbonyl (C=O) groups excluding carboxylic acids is 2. The van der Waals surface area contributed by atoms with Crippen LogP contribution in [0, 0.1) is 6.92 Å². The molecule has 0 radical (unpaired) electrons. The number of aryl methyl sites for hydroxylation is 2. The van der Waals surface area contributed by atoms with E-state index < -0.39 is 11.9 Å². The van der Waals surface area contributed by atoms with Gasteiger partial charge in [-0.2, -0.15) is 0 Å². The molecular formula is C45H63N3O5S. The molecule has 2 aromatic carbocycles. The maximum absolute atomic E-state index is 14.2. The highest BCUT2D eigenvalue weighted by Crippen LogP contribution is 2.42. The number of unbranched alkanes of at least 4 members (excludes halogenated alkanes) is 12. The van der Waals surface area contributed by atoms with Crippen molar-refractivity contribution in [1.29, 1.82) is 0 Å². The molecule has 0 unspecified atom stereocenters. The molecule has 0 aliphatic heterocycles. The molecule has 4 aromatic rings. The number of carbonyl (C=O) groups is 2. The maximum atomic E-state index is 14.2. The zero-order valence-electron chi connectivity index (χ0n) is 33.9. The van der Waals surface area contributed by atoms with Crippen molar-refractivity contribution in [3.8, 4) is 16.9 Å². The van der Waals surface area contributed by atoms with Gasteiger partial charge >= 0.3 is 11.9 Å². The number of rotatable bonds is 24. The Bertz CT molecular complexity index is 1750. The molecule has 0 fully saturated rings. The van der Waals surface area contributed by atoms with E-state index >= 15 is 0 Å². The average Bonchev–Trinajstić information content (AvgIpc) is 3.55. The highest BCUT2D eigenvalue weighted by atomic mass is 32.2. The van der Waals surface area contributed by atoms with E-state index in [9.17, 15) is 9.59 Å². The number of thioether (sulfide) groups is 1. The summed E-state index contributed by atoms with van der Waals surface area (Å²) in [6.07, 6.45) is 16.9. The van der Waals surface area contributed by atoms with Crippen LogP contribution < -0.4 is 4.74 Å². The van der Waals surface area contributed by atoms with Crippen molar-refractivity contribution in [2.75, 3.05) is 6.61 Å². The van der Waals surface area contributed by atoms with Gasteiger partial charge in [0.1, 0.15) is 5.75 Å². The van der Waals surface area contributed by atoms with Gasteiger partial charge in [0.05, 0.1) is 52.4 Å². The van der Waals surface area contributed by atoms with E-state index in [4.69, 9.17) is 24.2 Å². The summed E-state index contributed by atoms with van der Waals surface area (Å²) in [5.41, 5.74) is 5.51. The summed E-state index contributed by atoms with van der Waals surface area (Å²) in [6, 6.07) is 13.9. The Kier molecular flexibility index (Phi) is 17.9. The fraction of sp³-hybridized carbons (Fsp3) is 0.556. The van der Waals surface area contributed by atoms with Gasteiger partial charge in [-0.25, -0.2) is 14.6 Å². The standard InChI is InChI=1S/C45H63N3O5S/c1-8-10-11-12-13-14-15-16-17-18-19-20-21-25-34-26-24-29-38(52-31(3)4)40(34)42-39(44(50)53-32(5)6)33(7)46-37(41(42)43(49)51-9-2)30-54-45-47-35-27-22-23-28-36(35)48-45/h22-24,26-29,31-32H,8-21,25,30H2,1-7H3,(H,47,48). The minimum Gasteiger partial charge on any atom is -0.490 e. The molecule has 8 nitrogen and oxygen atoms in total. The lowest BCUT2D eigenvalue weighted by atomic mass is 9.87. The lowest BCUT2D eigenvalue weighted by Crippen LogP contribution is -2.21. The summed E-state index contributed by atoms with van der Waals surface area (Å²) in [5, 5.41) is 0.710. The van der Waals surface area contributed by atoms with Gasteiger partial charge in [-0.05, 0) is 78.1 Å². The SMILES string of the molecule is CCCCCCCCCCCCCCCc1cccc(OC(C)C)c1-c1c(C(=O)OC(C)C)c(C)nc(CSc2nc3ccccc3[nH]2)c1C(=O)OCC. The Morgan fingerprint density at radius 1 is 0.722 bits per heavy atom. The number of ether oxygens (including phenoxy) is 3. The van der Waals surface area contributed by atoms with Crippen LogP contribution in [0.5, 0.6) is 5.75 Å². The molecule has 294 valence electrons. The smallest absolute Gasteiger partial charge is 0.340 e. The third-order valence-electron chi connectivity index (χ3n) is 9.47. The number of hydrogen-bond donors (Lipinski definition) is 1. The first kappa shape index (κ1) is 42.9. The quantitative estimate of drug-likeness (QED) is 0.0428. The molecule has 0 aliphatic carbocycles. The molecule has 0 saturated heterocycles. The number of pyridine rings is 1. The molecule has 2 aromatic heterocycles. The Morgan fingerprint density at radius 2 is 1.37 bits per heavy atom. The second kappa shape index (κ2) is 22.5. The summed E-state index contributed by atoms with van der Waals surface area (Å²) in [6.45, 7) is 13.6. The normalized spacial score (nSPS) is 11.5. The second-order valence-corrected chi connectivity index (χ2v) is 15.7. The van der Waals surface area contributed by atoms with Crippen LogP contribution in [0.3, 0.4) is 0 Å². The fourth-order valence-corrected chi connectivity index (χ4v) is 7.78. The molecule has 9 heteroatoms. The van der Waals surface area contributed by atoms with Crippen molar-refractivity contribution in [3.63, 3.8) is 0 Å². The highest BCUT2D eigenvalue weighted by Gasteiger charge is 2.32. The molecule has 0 atom stereocenters. The van der Waals surface area contributed by atoms with Crippen LogP contribution in [0.15, 0.2) is 47.6 Å². The number of nitrogens with zero attached hydrogens (tertiary/aromatic N) is 2. The number of benzene rings is 2. The minimum atomic E-state index is -0.537. The van der Waals surface area contributed by atoms with E-state index in [1.165, 1.54) is 82.4 Å². The van der Waals surface area contributed by atoms with E-state index in [0.717, 1.165) is 41.4 Å². The summed E-state index contributed by atoms with van der Waals surface area (Å²) >= 11 is 1.45. The molecule has 0 aliphatic rings. The zero-order chi connectivity index (χ0) is 38.9. The predicted octanol–water partition coefficient (Wildman–Crippen LogP) is 12.4. The molecule has 0 bridgehead atoms. The number of hydrogen-bond acceptors (Lipinski definition) is 8. The van der Waals surface area contributed by atoms with Gasteiger partial charge < -0.3 is 19.2 Å². The van der Waals surface area contributed by atoms with Gasteiger partial charge in [0.2, 0.25) is 0 Å². The molecular weight excluding hydrogens is 695 g/mol. The molecule has 0 saturated carbocycles. The number of esters is 2. The van der Waals surface area contributed by atoms with Crippen LogP contribution in [-0.2, 0) is 21.6 Å². The van der Waals surface area contributed by atoms with Crippen LogP contribution >= 0.6 is 11.8 Å². The monoisotopic (exact) mass is 757 g/mol. The number of imidazole rings is 1. The second-order valence-electron chi connectivity index (χ2n) is 14.7. The van der Waals surface area contributed by atoms with Gasteiger partial charge in [0.25, 0.3) is 0 Å². The molecule has 0 amide bonds. The minimum absolute atomic E-state index is 0.140. The number of nitrogens with one attached hydrogen (secondary N) is 1. The van der Waals surface area contributed by atoms with E-state index in [-0.39, 0.29) is 29.9 Å². The van der Waals surface area contributed by atoms with Gasteiger partial charge in [-0.3, -0.25) is 4.98 Å². The van der Waals surface area contributed by atoms with Crippen LogP contribution in [0.1, 0.15) is 163 Å². The Balaban J connectivity index is 1.68. The van der Waals surface area contributed by atoms with Crippen molar-refractivity contribution >= 4 is 34.7 Å². The van der Waals surface area contributed by atoms with E-state index in [2.05, 4.69) is 18.0 Å². The molecule has 0 spiro atoms. The Morgan fingerprint density at radius 3 is 1.98 bits per heavy atom.